The van der Waals surface area contributed by atoms with Crippen molar-refractivity contribution >= 4 is 23.6 Å². The molecule has 1 aromatic heterocycles. The molecule has 1 amide bonds. The van der Waals surface area contributed by atoms with Crippen molar-refractivity contribution < 1.29 is 37.3 Å². The average Bonchev–Trinajstić information content (AvgIpc) is 3.43. The molecule has 188 valence electrons. The molecule has 1 spiro atoms. The maximum atomic E-state index is 12.8. The highest BCUT2D eigenvalue weighted by Crippen LogP contribution is 2.46. The fourth-order valence-corrected chi connectivity index (χ4v) is 5.85. The molecule has 3 aliphatic rings. The summed E-state index contributed by atoms with van der Waals surface area (Å²) in [7, 11) is 0. The van der Waals surface area contributed by atoms with Gasteiger partial charge < -0.3 is 19.5 Å². The van der Waals surface area contributed by atoms with E-state index >= 15 is 0 Å². The lowest BCUT2D eigenvalue weighted by Crippen LogP contribution is -2.60. The third kappa shape index (κ3) is 6.14. The van der Waals surface area contributed by atoms with E-state index in [1.54, 1.807) is 0 Å². The van der Waals surface area contributed by atoms with Crippen molar-refractivity contribution in [3.63, 3.8) is 0 Å². The molecule has 0 radical (unpaired) electrons. The Labute approximate surface area is 204 Å². The molecule has 2 saturated heterocycles. The van der Waals surface area contributed by atoms with Crippen molar-refractivity contribution in [2.24, 2.45) is 0 Å². The van der Waals surface area contributed by atoms with Crippen LogP contribution in [0.15, 0.2) is 36.4 Å². The van der Waals surface area contributed by atoms with Gasteiger partial charge in [-0.2, -0.15) is 13.2 Å². The van der Waals surface area contributed by atoms with Crippen molar-refractivity contribution in [3.05, 3.63) is 64.5 Å². The molecule has 1 atom stereocenters. The minimum absolute atomic E-state index is 0.134. The number of alkyl halides is 3. The van der Waals surface area contributed by atoms with Gasteiger partial charge in [-0.1, -0.05) is 12.1 Å². The second-order valence-electron chi connectivity index (χ2n) is 8.84. The SMILES string of the molecule is Cc1cccc(COC2CSC3(C2)CN(C(=O)c2ccc4c(c2)COC4)C3)n1.O=C(O)C(F)(F)F. The van der Waals surface area contributed by atoms with Gasteiger partial charge in [0.25, 0.3) is 5.91 Å². The Morgan fingerprint density at radius 1 is 1.23 bits per heavy atom. The van der Waals surface area contributed by atoms with Gasteiger partial charge in [-0.15, -0.1) is 11.8 Å². The molecule has 4 heterocycles. The number of ether oxygens (including phenoxy) is 2. The molecule has 35 heavy (non-hydrogen) atoms. The summed E-state index contributed by atoms with van der Waals surface area (Å²) >= 11 is 1.96. The first-order chi connectivity index (χ1) is 16.5. The summed E-state index contributed by atoms with van der Waals surface area (Å²) < 4.78 is 43.5. The Bertz CT molecular complexity index is 1100. The standard InChI is InChI=1S/C22H24N2O3S.C2HF3O2/c1-15-3-2-4-19(23-15)11-27-20-8-22(28-12-20)13-24(14-22)21(25)16-5-6-17-9-26-10-18(17)7-16;3-2(4,5)1(6)7/h2-7,20H,8-14H2,1H3;(H,6,7). The number of thioether (sulfide) groups is 1. The maximum Gasteiger partial charge on any atom is 0.490 e. The predicted molar refractivity (Wildman–Crippen MR) is 122 cm³/mol. The minimum atomic E-state index is -5.08. The fourth-order valence-electron chi connectivity index (χ4n) is 4.29. The molecule has 2 fully saturated rings. The zero-order valence-corrected chi connectivity index (χ0v) is 19.8. The Balaban J connectivity index is 0.000000364. The first kappa shape index (κ1) is 25.5. The van der Waals surface area contributed by atoms with Crippen LogP contribution in [0.5, 0.6) is 0 Å². The number of nitrogens with zero attached hydrogens (tertiary/aromatic N) is 2. The number of aliphatic carboxylic acids is 1. The number of rotatable bonds is 4. The highest BCUT2D eigenvalue weighted by Gasteiger charge is 2.51. The van der Waals surface area contributed by atoms with E-state index in [2.05, 4.69) is 4.98 Å². The van der Waals surface area contributed by atoms with Crippen molar-refractivity contribution in [1.29, 1.82) is 0 Å². The zero-order chi connectivity index (χ0) is 25.2. The first-order valence-electron chi connectivity index (χ1n) is 11.0. The monoisotopic (exact) mass is 510 g/mol. The van der Waals surface area contributed by atoms with E-state index in [1.807, 2.05) is 60.0 Å². The number of likely N-dealkylation sites (tertiary alicyclic amines) is 1. The molecule has 1 aromatic carbocycles. The summed E-state index contributed by atoms with van der Waals surface area (Å²) in [5.74, 6) is -1.63. The van der Waals surface area contributed by atoms with Crippen LogP contribution in [0.2, 0.25) is 0 Å². The largest absolute Gasteiger partial charge is 0.490 e. The van der Waals surface area contributed by atoms with Crippen LogP contribution < -0.4 is 0 Å². The quantitative estimate of drug-likeness (QED) is 0.666. The number of carbonyl (C=O) groups is 2. The number of halogens is 3. The van der Waals surface area contributed by atoms with Crippen molar-refractivity contribution in [1.82, 2.24) is 9.88 Å². The van der Waals surface area contributed by atoms with Crippen LogP contribution in [0.4, 0.5) is 13.2 Å². The summed E-state index contributed by atoms with van der Waals surface area (Å²) in [6.45, 7) is 5.46. The van der Waals surface area contributed by atoms with Gasteiger partial charge >= 0.3 is 12.1 Å². The topological polar surface area (TPSA) is 89.0 Å². The molecule has 11 heteroatoms. The van der Waals surface area contributed by atoms with Gasteiger partial charge in [-0.05, 0) is 48.7 Å². The highest BCUT2D eigenvalue weighted by atomic mass is 32.2. The second-order valence-corrected chi connectivity index (χ2v) is 10.3. The van der Waals surface area contributed by atoms with Gasteiger partial charge in [0.15, 0.2) is 0 Å². The van der Waals surface area contributed by atoms with E-state index in [9.17, 15) is 18.0 Å². The molecule has 2 aromatic rings. The third-order valence-electron chi connectivity index (χ3n) is 6.04. The number of hydrogen-bond acceptors (Lipinski definition) is 6. The lowest BCUT2D eigenvalue weighted by molar-refractivity contribution is -0.192. The van der Waals surface area contributed by atoms with E-state index < -0.39 is 12.1 Å². The number of pyridine rings is 1. The van der Waals surface area contributed by atoms with Gasteiger partial charge in [0.1, 0.15) is 0 Å². The third-order valence-corrected chi connectivity index (χ3v) is 7.62. The van der Waals surface area contributed by atoms with Gasteiger partial charge in [0, 0.05) is 30.1 Å². The fraction of sp³-hybridized carbons (Fsp3) is 0.458. The zero-order valence-electron chi connectivity index (χ0n) is 19.0. The second kappa shape index (κ2) is 10.2. The number of benzene rings is 1. The van der Waals surface area contributed by atoms with E-state index in [0.29, 0.717) is 19.8 Å². The smallest absolute Gasteiger partial charge is 0.475 e. The van der Waals surface area contributed by atoms with Crippen LogP contribution in [0, 0.1) is 6.92 Å². The molecular formula is C24H25F3N2O5S. The number of aryl methyl sites for hydroxylation is 1. The van der Waals surface area contributed by atoms with Gasteiger partial charge in [0.05, 0.1) is 36.4 Å². The van der Waals surface area contributed by atoms with E-state index in [-0.39, 0.29) is 16.8 Å². The number of hydrogen-bond donors (Lipinski definition) is 1. The van der Waals surface area contributed by atoms with Crippen LogP contribution in [-0.2, 0) is 34.1 Å². The minimum Gasteiger partial charge on any atom is -0.475 e. The summed E-state index contributed by atoms with van der Waals surface area (Å²) in [5, 5.41) is 7.12. The van der Waals surface area contributed by atoms with Crippen LogP contribution in [0.3, 0.4) is 0 Å². The molecule has 3 aliphatic heterocycles. The number of carboxylic acid groups (broad SMARTS) is 1. The molecule has 5 rings (SSSR count). The molecular weight excluding hydrogens is 485 g/mol. The lowest BCUT2D eigenvalue weighted by atomic mass is 9.92. The van der Waals surface area contributed by atoms with Crippen molar-refractivity contribution in [2.75, 3.05) is 18.8 Å². The van der Waals surface area contributed by atoms with Gasteiger partial charge in [-0.25, -0.2) is 4.79 Å². The van der Waals surface area contributed by atoms with Crippen LogP contribution >= 0.6 is 11.8 Å². The Kier molecular flexibility index (Phi) is 7.39. The number of fused-ring (bicyclic) bond motifs is 1. The number of carboxylic acids is 1. The van der Waals surface area contributed by atoms with Gasteiger partial charge in [0.2, 0.25) is 0 Å². The molecule has 0 aliphatic carbocycles. The van der Waals surface area contributed by atoms with Crippen LogP contribution in [0.1, 0.15) is 39.3 Å². The van der Waals surface area contributed by atoms with E-state index in [4.69, 9.17) is 19.4 Å². The van der Waals surface area contributed by atoms with E-state index in [1.165, 1.54) is 5.56 Å². The molecule has 0 bridgehead atoms. The molecule has 7 nitrogen and oxygen atoms in total. The predicted octanol–water partition coefficient (Wildman–Crippen LogP) is 3.97. The van der Waals surface area contributed by atoms with Crippen LogP contribution in [-0.4, -0.2) is 62.7 Å². The number of amides is 1. The maximum absolute atomic E-state index is 12.8. The normalized spacial score (nSPS) is 20.1. The molecule has 1 N–H and O–H groups in total. The summed E-state index contributed by atoms with van der Waals surface area (Å²) in [6.07, 6.45) is -3.84. The Morgan fingerprint density at radius 3 is 2.63 bits per heavy atom. The van der Waals surface area contributed by atoms with Crippen LogP contribution in [0.25, 0.3) is 0 Å². The van der Waals surface area contributed by atoms with Gasteiger partial charge in [-0.3, -0.25) is 9.78 Å². The highest BCUT2D eigenvalue weighted by molar-refractivity contribution is 8.01. The van der Waals surface area contributed by atoms with Crippen molar-refractivity contribution in [3.8, 4) is 0 Å². The first-order valence-corrected chi connectivity index (χ1v) is 12.0. The summed E-state index contributed by atoms with van der Waals surface area (Å²) in [5.41, 5.74) is 5.13. The number of carbonyl (C=O) groups excluding carboxylic acids is 1. The Hall–Kier alpha value is -2.63. The van der Waals surface area contributed by atoms with E-state index in [0.717, 1.165) is 47.8 Å². The lowest BCUT2D eigenvalue weighted by Gasteiger charge is -2.47. The summed E-state index contributed by atoms with van der Waals surface area (Å²) in [4.78, 5) is 28.2. The molecule has 0 saturated carbocycles. The summed E-state index contributed by atoms with van der Waals surface area (Å²) in [6, 6.07) is 12.0. The van der Waals surface area contributed by atoms with Crippen molar-refractivity contribution in [2.45, 2.75) is 50.2 Å². The number of aromatic nitrogens is 1. The Morgan fingerprint density at radius 2 is 1.94 bits per heavy atom. The molecule has 1 unspecified atom stereocenters. The average molecular weight is 511 g/mol.